The van der Waals surface area contributed by atoms with Gasteiger partial charge in [0.2, 0.25) is 5.91 Å². The first-order chi connectivity index (χ1) is 20.0. The summed E-state index contributed by atoms with van der Waals surface area (Å²) in [4.78, 5) is 44.1. The molecule has 0 spiro atoms. The molecule has 240 valence electrons. The number of imide groups is 1. The fourth-order valence-corrected chi connectivity index (χ4v) is 7.32. The lowest BCUT2D eigenvalue weighted by molar-refractivity contribution is -0.148. The van der Waals surface area contributed by atoms with Crippen molar-refractivity contribution in [3.8, 4) is 0 Å². The molecule has 3 amide bonds. The molecule has 2 saturated heterocycles. The number of nitrogens with zero attached hydrogens (tertiary/aromatic N) is 2. The van der Waals surface area contributed by atoms with Crippen LogP contribution in [0.25, 0.3) is 0 Å². The van der Waals surface area contributed by atoms with Crippen LogP contribution >= 0.6 is 0 Å². The third kappa shape index (κ3) is 7.03. The van der Waals surface area contributed by atoms with E-state index >= 15 is 0 Å². The van der Waals surface area contributed by atoms with Gasteiger partial charge in [0.05, 0.1) is 24.1 Å². The van der Waals surface area contributed by atoms with E-state index in [0.717, 1.165) is 36.1 Å². The van der Waals surface area contributed by atoms with Crippen molar-refractivity contribution in [2.45, 2.75) is 136 Å². The molecule has 0 bridgehead atoms. The van der Waals surface area contributed by atoms with E-state index in [1.165, 1.54) is 0 Å². The van der Waals surface area contributed by atoms with Crippen molar-refractivity contribution in [1.82, 2.24) is 9.80 Å². The highest BCUT2D eigenvalue weighted by atomic mass is 16.6. The minimum Gasteiger partial charge on any atom is -0.444 e. The van der Waals surface area contributed by atoms with E-state index in [9.17, 15) is 19.5 Å². The second-order valence-corrected chi connectivity index (χ2v) is 14.7. The van der Waals surface area contributed by atoms with Crippen LogP contribution in [-0.4, -0.2) is 68.6 Å². The zero-order valence-corrected chi connectivity index (χ0v) is 27.4. The van der Waals surface area contributed by atoms with E-state index in [4.69, 9.17) is 14.2 Å². The largest absolute Gasteiger partial charge is 0.444 e. The van der Waals surface area contributed by atoms with Crippen LogP contribution in [0, 0.1) is 23.7 Å². The number of aliphatic hydroxyl groups is 1. The first kappa shape index (κ1) is 33.2. The summed E-state index contributed by atoms with van der Waals surface area (Å²) < 4.78 is 18.1. The van der Waals surface area contributed by atoms with Gasteiger partial charge in [0.1, 0.15) is 23.5 Å². The summed E-state index contributed by atoms with van der Waals surface area (Å²) in [5.41, 5.74) is -0.996. The fraction of sp³-hybridized carbons (Fsp3) is 0.735. The molecule has 9 nitrogen and oxygen atoms in total. The lowest BCUT2D eigenvalue weighted by Gasteiger charge is -2.42. The number of hydrogen-bond acceptors (Lipinski definition) is 7. The quantitative estimate of drug-likeness (QED) is 0.372. The number of aliphatic hydroxyl groups excluding tert-OH is 1. The topological polar surface area (TPSA) is 106 Å². The van der Waals surface area contributed by atoms with Crippen LogP contribution in [0.4, 0.5) is 9.59 Å². The number of amides is 3. The van der Waals surface area contributed by atoms with Gasteiger partial charge in [0.25, 0.3) is 0 Å². The van der Waals surface area contributed by atoms with Crippen LogP contribution in [0.5, 0.6) is 0 Å². The molecular weight excluding hydrogens is 548 g/mol. The lowest BCUT2D eigenvalue weighted by atomic mass is 9.72. The van der Waals surface area contributed by atoms with E-state index in [1.54, 1.807) is 11.8 Å². The molecule has 3 aliphatic rings. The van der Waals surface area contributed by atoms with Crippen LogP contribution in [0.2, 0.25) is 0 Å². The van der Waals surface area contributed by atoms with Crippen molar-refractivity contribution in [2.75, 3.05) is 0 Å². The summed E-state index contributed by atoms with van der Waals surface area (Å²) >= 11 is 0. The number of carbonyl (C=O) groups is 3. The second kappa shape index (κ2) is 12.8. The monoisotopic (exact) mass is 600 g/mol. The summed E-state index contributed by atoms with van der Waals surface area (Å²) in [5.74, 6) is -1.04. The minimum atomic E-state index is -1.27. The van der Waals surface area contributed by atoms with Crippen molar-refractivity contribution in [2.24, 2.45) is 23.7 Å². The zero-order valence-electron chi connectivity index (χ0n) is 27.4. The molecule has 0 radical (unpaired) electrons. The van der Waals surface area contributed by atoms with Crippen molar-refractivity contribution in [1.29, 1.82) is 0 Å². The van der Waals surface area contributed by atoms with Crippen LogP contribution < -0.4 is 0 Å². The van der Waals surface area contributed by atoms with Gasteiger partial charge >= 0.3 is 12.2 Å². The summed E-state index contributed by atoms with van der Waals surface area (Å²) in [6.07, 6.45) is 0.433. The maximum Gasteiger partial charge on any atom is 0.417 e. The Kier molecular flexibility index (Phi) is 9.86. The van der Waals surface area contributed by atoms with Gasteiger partial charge < -0.3 is 19.3 Å². The van der Waals surface area contributed by atoms with E-state index in [-0.39, 0.29) is 17.8 Å². The maximum atomic E-state index is 14.3. The first-order valence-corrected chi connectivity index (χ1v) is 16.0. The van der Waals surface area contributed by atoms with Gasteiger partial charge in [-0.2, -0.15) is 0 Å². The number of rotatable bonds is 7. The third-order valence-corrected chi connectivity index (χ3v) is 9.27. The summed E-state index contributed by atoms with van der Waals surface area (Å²) in [6, 6.07) is 8.31. The molecule has 6 unspecified atom stereocenters. The highest BCUT2D eigenvalue weighted by Crippen LogP contribution is 2.46. The zero-order chi connectivity index (χ0) is 31.9. The van der Waals surface area contributed by atoms with Gasteiger partial charge in [0.15, 0.2) is 0 Å². The van der Waals surface area contributed by atoms with Crippen molar-refractivity contribution < 1.29 is 33.7 Å². The van der Waals surface area contributed by atoms with Crippen LogP contribution in [0.15, 0.2) is 30.3 Å². The number of cyclic esters (lactones) is 1. The van der Waals surface area contributed by atoms with Gasteiger partial charge in [-0.1, -0.05) is 70.4 Å². The molecule has 1 aromatic rings. The average Bonchev–Trinajstić information content (AvgIpc) is 3.37. The fourth-order valence-electron chi connectivity index (χ4n) is 7.32. The number of carbonyl (C=O) groups excluding carboxylic acids is 3. The Hall–Kier alpha value is -2.65. The van der Waals surface area contributed by atoms with E-state index in [2.05, 4.69) is 6.92 Å². The number of ether oxygens (including phenoxy) is 3. The molecule has 2 heterocycles. The second-order valence-electron chi connectivity index (χ2n) is 14.7. The summed E-state index contributed by atoms with van der Waals surface area (Å²) in [6.45, 7) is 17.1. The first-order valence-electron chi connectivity index (χ1n) is 16.0. The summed E-state index contributed by atoms with van der Waals surface area (Å²) in [7, 11) is 0. The highest BCUT2D eigenvalue weighted by Gasteiger charge is 2.59. The van der Waals surface area contributed by atoms with Gasteiger partial charge in [-0.25, -0.2) is 14.5 Å². The smallest absolute Gasteiger partial charge is 0.417 e. The molecule has 2 aliphatic heterocycles. The van der Waals surface area contributed by atoms with Gasteiger partial charge in [-0.3, -0.25) is 9.69 Å². The van der Waals surface area contributed by atoms with E-state index in [1.807, 2.05) is 78.8 Å². The molecule has 8 atom stereocenters. The molecule has 1 aliphatic carbocycles. The Morgan fingerprint density at radius 3 is 2.30 bits per heavy atom. The molecule has 43 heavy (non-hydrogen) atoms. The summed E-state index contributed by atoms with van der Waals surface area (Å²) in [5, 5.41) is 12.2. The molecule has 9 heteroatoms. The van der Waals surface area contributed by atoms with Crippen molar-refractivity contribution >= 4 is 18.1 Å². The SMILES string of the molecule is CC(C)CC(C(=O)N1C(=O)OC(c2ccccc2)C1C)C(O)[C@@H]1OC(C)(C)N(C(=O)OC(C)(C)C)[C@@H]1C1CCCCC1C. The molecule has 1 aromatic carbocycles. The maximum absolute atomic E-state index is 14.3. The number of benzene rings is 1. The molecule has 1 saturated carbocycles. The normalized spacial score (nSPS) is 30.7. The van der Waals surface area contributed by atoms with Gasteiger partial charge in [-0.15, -0.1) is 0 Å². The minimum absolute atomic E-state index is 0.0471. The molecular formula is C34H52N2O7. The Morgan fingerprint density at radius 2 is 1.72 bits per heavy atom. The van der Waals surface area contributed by atoms with Crippen molar-refractivity contribution in [3.05, 3.63) is 35.9 Å². The average molecular weight is 601 g/mol. The van der Waals surface area contributed by atoms with Crippen LogP contribution in [0.3, 0.4) is 0 Å². The van der Waals surface area contributed by atoms with E-state index < -0.39 is 65.7 Å². The predicted octanol–water partition coefficient (Wildman–Crippen LogP) is 6.69. The molecule has 1 N–H and O–H groups in total. The molecule has 3 fully saturated rings. The highest BCUT2D eigenvalue weighted by molar-refractivity contribution is 5.95. The third-order valence-electron chi connectivity index (χ3n) is 9.27. The Labute approximate surface area is 257 Å². The van der Waals surface area contributed by atoms with Crippen LogP contribution in [-0.2, 0) is 19.0 Å². The van der Waals surface area contributed by atoms with E-state index in [0.29, 0.717) is 6.42 Å². The Bertz CT molecular complexity index is 1150. The van der Waals surface area contributed by atoms with Gasteiger partial charge in [0, 0.05) is 0 Å². The Morgan fingerprint density at radius 1 is 1.09 bits per heavy atom. The van der Waals surface area contributed by atoms with Crippen molar-refractivity contribution in [3.63, 3.8) is 0 Å². The molecule has 0 aromatic heterocycles. The van der Waals surface area contributed by atoms with Crippen LogP contribution in [0.1, 0.15) is 106 Å². The number of hydrogen-bond donors (Lipinski definition) is 1. The lowest BCUT2D eigenvalue weighted by Crippen LogP contribution is -2.56. The Balaban J connectivity index is 1.70. The van der Waals surface area contributed by atoms with Gasteiger partial charge in [-0.05, 0) is 77.7 Å². The standard InChI is InChI=1S/C34H52N2O7/c1-20(2)19-25(30(38)35-22(4)28(41-31(35)39)23-16-11-10-12-17-23)27(37)29-26(24-18-14-13-15-21(24)3)36(34(8,9)42-29)32(40)43-33(5,6)7/h10-12,16-17,20-22,24-29,37H,13-15,18-19H2,1-9H3/t21?,22?,24?,25?,26-,27?,28?,29-/m1/s1. The molecule has 4 rings (SSSR count). The predicted molar refractivity (Wildman–Crippen MR) is 163 cm³/mol.